The number of hydrogen-bond donors (Lipinski definition) is 2. The van der Waals surface area contributed by atoms with Crippen molar-refractivity contribution in [1.82, 2.24) is 15.1 Å². The first kappa shape index (κ1) is 26.3. The van der Waals surface area contributed by atoms with E-state index in [1.807, 2.05) is 48.5 Å². The second kappa shape index (κ2) is 13.0. The molecule has 1 saturated carbocycles. The fraction of sp³-hybridized carbons (Fsp3) is 0.536. The van der Waals surface area contributed by atoms with Gasteiger partial charge in [0.05, 0.1) is 16.1 Å². The molecule has 2 aliphatic heterocycles. The molecule has 2 N–H and O–H groups in total. The zero-order valence-electron chi connectivity index (χ0n) is 20.3. The Morgan fingerprint density at radius 1 is 0.886 bits per heavy atom. The molecule has 190 valence electrons. The molecule has 35 heavy (non-hydrogen) atoms. The molecule has 5 rings (SSSR count). The van der Waals surface area contributed by atoms with Crippen molar-refractivity contribution in [3.05, 3.63) is 69.7 Å². The Labute approximate surface area is 219 Å². The molecular weight excluding hydrogens is 481 g/mol. The number of rotatable bonds is 7. The van der Waals surface area contributed by atoms with Crippen LogP contribution in [0.25, 0.3) is 0 Å². The Balaban J connectivity index is 0.000000514. The number of nitrogens with zero attached hydrogens (tertiary/aromatic N) is 2. The van der Waals surface area contributed by atoms with Crippen LogP contribution >= 0.6 is 23.2 Å². The van der Waals surface area contributed by atoms with Crippen LogP contribution in [0.1, 0.15) is 55.7 Å². The summed E-state index contributed by atoms with van der Waals surface area (Å²) >= 11 is 12.2. The zero-order chi connectivity index (χ0) is 24.6. The number of halogens is 2. The molecule has 0 bridgehead atoms. The molecule has 0 spiro atoms. The lowest BCUT2D eigenvalue weighted by atomic mass is 10.0. The summed E-state index contributed by atoms with van der Waals surface area (Å²) in [5.41, 5.74) is 2.22. The zero-order valence-corrected chi connectivity index (χ0v) is 21.9. The molecule has 7 heteroatoms. The van der Waals surface area contributed by atoms with Crippen molar-refractivity contribution < 1.29 is 9.90 Å². The van der Waals surface area contributed by atoms with E-state index in [-0.39, 0.29) is 6.04 Å². The number of likely N-dealkylation sites (tertiary alicyclic amines) is 2. The van der Waals surface area contributed by atoms with E-state index in [9.17, 15) is 9.90 Å². The van der Waals surface area contributed by atoms with Gasteiger partial charge in [-0.3, -0.25) is 4.90 Å². The van der Waals surface area contributed by atoms with Crippen molar-refractivity contribution >= 4 is 29.3 Å². The van der Waals surface area contributed by atoms with Gasteiger partial charge in [-0.2, -0.15) is 0 Å². The minimum absolute atomic E-state index is 0.171. The van der Waals surface area contributed by atoms with E-state index in [2.05, 4.69) is 15.1 Å². The van der Waals surface area contributed by atoms with Crippen LogP contribution in [0.4, 0.5) is 4.79 Å². The molecule has 3 aliphatic rings. The summed E-state index contributed by atoms with van der Waals surface area (Å²) in [6.45, 7) is 6.16. The van der Waals surface area contributed by atoms with E-state index in [1.54, 1.807) is 0 Å². The van der Waals surface area contributed by atoms with Gasteiger partial charge >= 0.3 is 6.09 Å². The van der Waals surface area contributed by atoms with E-state index >= 15 is 0 Å². The normalized spacial score (nSPS) is 22.9. The molecule has 1 aliphatic carbocycles. The lowest BCUT2D eigenvalue weighted by Gasteiger charge is -2.24. The van der Waals surface area contributed by atoms with Gasteiger partial charge in [0.1, 0.15) is 0 Å². The van der Waals surface area contributed by atoms with Crippen LogP contribution in [0, 0.1) is 11.8 Å². The van der Waals surface area contributed by atoms with Crippen molar-refractivity contribution in [2.75, 3.05) is 32.7 Å². The molecule has 1 amide bonds. The number of amides is 1. The largest absolute Gasteiger partial charge is 0.465 e. The first-order valence-corrected chi connectivity index (χ1v) is 13.7. The Morgan fingerprint density at radius 2 is 1.49 bits per heavy atom. The summed E-state index contributed by atoms with van der Waals surface area (Å²) < 4.78 is 0. The van der Waals surface area contributed by atoms with Crippen LogP contribution < -0.4 is 5.32 Å². The predicted molar refractivity (Wildman–Crippen MR) is 143 cm³/mol. The second-order valence-electron chi connectivity index (χ2n) is 10.2. The topological polar surface area (TPSA) is 55.8 Å². The quantitative estimate of drug-likeness (QED) is 0.428. The van der Waals surface area contributed by atoms with Gasteiger partial charge in [-0.25, -0.2) is 4.79 Å². The lowest BCUT2D eigenvalue weighted by Crippen LogP contribution is -2.33. The van der Waals surface area contributed by atoms with Crippen LogP contribution in [0.3, 0.4) is 0 Å². The Hall–Kier alpha value is -1.79. The van der Waals surface area contributed by atoms with Gasteiger partial charge in [0.25, 0.3) is 0 Å². The molecule has 2 aromatic rings. The smallest absolute Gasteiger partial charge is 0.405 e. The maximum Gasteiger partial charge on any atom is 0.405 e. The monoisotopic (exact) mass is 517 g/mol. The summed E-state index contributed by atoms with van der Waals surface area (Å²) in [5, 5.41) is 13.1. The molecule has 0 aromatic heterocycles. The summed E-state index contributed by atoms with van der Waals surface area (Å²) in [7, 11) is 0. The number of nitrogens with one attached hydrogen (secondary N) is 1. The standard InChI is InChI=1S/C23H27Cl2N3O2.C5H10/c24-20-7-6-16(10-21(20)25)11-28-14-18-12-27(13-19(18)15-28)9-8-22(26-23(29)30)17-4-2-1-3-5-17;1-2-4-5-3-1/h1-7,10,18-19,22,26H,8-9,11-15H2,(H,29,30);1-5H2/t18-,19?,22?;/m0./s1. The van der Waals surface area contributed by atoms with E-state index in [1.165, 1.54) is 37.7 Å². The van der Waals surface area contributed by atoms with Crippen LogP contribution in [0.5, 0.6) is 0 Å². The molecular formula is C28H37Cl2N3O2. The average molecular weight is 519 g/mol. The summed E-state index contributed by atoms with van der Waals surface area (Å²) in [5.74, 6) is 1.35. The van der Waals surface area contributed by atoms with E-state index < -0.39 is 6.09 Å². The predicted octanol–water partition coefficient (Wildman–Crippen LogP) is 6.71. The van der Waals surface area contributed by atoms with Crippen LogP contribution in [0.2, 0.25) is 10.0 Å². The summed E-state index contributed by atoms with van der Waals surface area (Å²) in [4.78, 5) is 16.2. The third-order valence-electron chi connectivity index (χ3n) is 7.51. The van der Waals surface area contributed by atoms with Gasteiger partial charge in [0.2, 0.25) is 0 Å². The highest BCUT2D eigenvalue weighted by molar-refractivity contribution is 6.42. The minimum atomic E-state index is -0.972. The maximum absolute atomic E-state index is 11.2. The number of carboxylic acid groups (broad SMARTS) is 1. The number of hydrogen-bond acceptors (Lipinski definition) is 3. The molecule has 0 radical (unpaired) electrons. The van der Waals surface area contributed by atoms with Crippen LogP contribution in [0.15, 0.2) is 48.5 Å². The summed E-state index contributed by atoms with van der Waals surface area (Å²) in [6.07, 6.45) is 7.31. The van der Waals surface area contributed by atoms with Gasteiger partial charge in [-0.1, -0.05) is 91.7 Å². The molecule has 3 fully saturated rings. The van der Waals surface area contributed by atoms with Gasteiger partial charge in [0.15, 0.2) is 0 Å². The fourth-order valence-corrected chi connectivity index (χ4v) is 6.07. The maximum atomic E-state index is 11.2. The molecule has 2 unspecified atom stereocenters. The van der Waals surface area contributed by atoms with Crippen molar-refractivity contribution in [2.45, 2.75) is 51.1 Å². The lowest BCUT2D eigenvalue weighted by molar-refractivity contribution is 0.186. The number of carbonyl (C=O) groups is 1. The van der Waals surface area contributed by atoms with E-state index in [4.69, 9.17) is 23.2 Å². The highest BCUT2D eigenvalue weighted by Gasteiger charge is 2.39. The molecule has 3 atom stereocenters. The number of fused-ring (bicyclic) bond motifs is 1. The Kier molecular flexibility index (Phi) is 9.73. The SMILES string of the molecule is C1CCCC1.O=C(O)NC(CCN1CC2CN(Cc3ccc(Cl)c(Cl)c3)C[C@@H]2C1)c1ccccc1. The Morgan fingerprint density at radius 3 is 2.06 bits per heavy atom. The van der Waals surface area contributed by atoms with Crippen LogP contribution in [-0.4, -0.2) is 53.7 Å². The van der Waals surface area contributed by atoms with Crippen molar-refractivity contribution in [1.29, 1.82) is 0 Å². The first-order valence-electron chi connectivity index (χ1n) is 12.9. The van der Waals surface area contributed by atoms with E-state index in [0.717, 1.165) is 51.3 Å². The third kappa shape index (κ3) is 7.85. The molecule has 2 heterocycles. The van der Waals surface area contributed by atoms with Crippen molar-refractivity contribution in [3.8, 4) is 0 Å². The van der Waals surface area contributed by atoms with Gasteiger partial charge in [0, 0.05) is 39.3 Å². The van der Waals surface area contributed by atoms with Gasteiger partial charge < -0.3 is 15.3 Å². The third-order valence-corrected chi connectivity index (χ3v) is 8.25. The molecule has 2 saturated heterocycles. The Bertz CT molecular complexity index is 933. The highest BCUT2D eigenvalue weighted by Crippen LogP contribution is 2.33. The van der Waals surface area contributed by atoms with Crippen molar-refractivity contribution in [3.63, 3.8) is 0 Å². The average Bonchev–Trinajstić information content (AvgIpc) is 3.59. The van der Waals surface area contributed by atoms with Gasteiger partial charge in [-0.05, 0) is 41.5 Å². The highest BCUT2D eigenvalue weighted by atomic mass is 35.5. The van der Waals surface area contributed by atoms with Crippen LogP contribution in [-0.2, 0) is 6.54 Å². The second-order valence-corrected chi connectivity index (χ2v) is 11.0. The fourth-order valence-electron chi connectivity index (χ4n) is 5.75. The van der Waals surface area contributed by atoms with Gasteiger partial charge in [-0.15, -0.1) is 0 Å². The summed E-state index contributed by atoms with van der Waals surface area (Å²) in [6, 6.07) is 15.5. The minimum Gasteiger partial charge on any atom is -0.465 e. The van der Waals surface area contributed by atoms with E-state index in [0.29, 0.717) is 21.9 Å². The van der Waals surface area contributed by atoms with Crippen molar-refractivity contribution in [2.24, 2.45) is 11.8 Å². The molecule has 5 nitrogen and oxygen atoms in total. The number of benzene rings is 2. The first-order chi connectivity index (χ1) is 17.0. The molecule has 2 aromatic carbocycles.